The van der Waals surface area contributed by atoms with E-state index in [-0.39, 0.29) is 5.91 Å². The molecule has 1 aliphatic rings. The van der Waals surface area contributed by atoms with Gasteiger partial charge in [0.05, 0.1) is 13.2 Å². The first kappa shape index (κ1) is 13.5. The van der Waals surface area contributed by atoms with Gasteiger partial charge in [0.25, 0.3) is 0 Å². The second-order valence-electron chi connectivity index (χ2n) is 4.73. The van der Waals surface area contributed by atoms with Crippen molar-refractivity contribution in [2.75, 3.05) is 19.8 Å². The standard InChI is InChI=1S/C13H17BrN2O2/c1-9-2-3-11(14)4-10(9)5-16-12(17)13(6-15)7-18-8-13/h2-4H,5-8,15H2,1H3,(H,16,17). The van der Waals surface area contributed by atoms with E-state index in [1.807, 2.05) is 25.1 Å². The van der Waals surface area contributed by atoms with Crippen LogP contribution < -0.4 is 11.1 Å². The van der Waals surface area contributed by atoms with Crippen molar-refractivity contribution in [2.45, 2.75) is 13.5 Å². The van der Waals surface area contributed by atoms with Crippen molar-refractivity contribution in [1.82, 2.24) is 5.32 Å². The van der Waals surface area contributed by atoms with E-state index in [0.29, 0.717) is 26.3 Å². The van der Waals surface area contributed by atoms with Crippen LogP contribution in [-0.4, -0.2) is 25.7 Å². The van der Waals surface area contributed by atoms with E-state index in [1.165, 1.54) is 0 Å². The summed E-state index contributed by atoms with van der Waals surface area (Å²) in [4.78, 5) is 12.1. The van der Waals surface area contributed by atoms with Crippen molar-refractivity contribution in [3.63, 3.8) is 0 Å². The predicted molar refractivity (Wildman–Crippen MR) is 73.0 cm³/mol. The van der Waals surface area contributed by atoms with Crippen LogP contribution in [0.2, 0.25) is 0 Å². The Bertz CT molecular complexity index is 453. The number of amides is 1. The number of ether oxygens (including phenoxy) is 1. The summed E-state index contributed by atoms with van der Waals surface area (Å²) in [6.07, 6.45) is 0. The van der Waals surface area contributed by atoms with Crippen molar-refractivity contribution in [3.05, 3.63) is 33.8 Å². The number of halogens is 1. The second kappa shape index (κ2) is 5.38. The SMILES string of the molecule is Cc1ccc(Br)cc1CNC(=O)C1(CN)COC1. The van der Waals surface area contributed by atoms with Gasteiger partial charge in [0, 0.05) is 17.6 Å². The molecule has 0 unspecified atom stereocenters. The number of aryl methyl sites for hydroxylation is 1. The lowest BCUT2D eigenvalue weighted by atomic mass is 9.85. The normalized spacial score (nSPS) is 17.1. The van der Waals surface area contributed by atoms with E-state index in [4.69, 9.17) is 10.5 Å². The molecule has 4 nitrogen and oxygen atoms in total. The molecule has 1 amide bonds. The molecule has 18 heavy (non-hydrogen) atoms. The average molecular weight is 313 g/mol. The van der Waals surface area contributed by atoms with E-state index in [2.05, 4.69) is 21.2 Å². The van der Waals surface area contributed by atoms with Crippen LogP contribution in [0.3, 0.4) is 0 Å². The van der Waals surface area contributed by atoms with Gasteiger partial charge in [-0.1, -0.05) is 22.0 Å². The fraction of sp³-hybridized carbons (Fsp3) is 0.462. The van der Waals surface area contributed by atoms with Gasteiger partial charge in [-0.2, -0.15) is 0 Å². The maximum absolute atomic E-state index is 12.1. The molecule has 0 aliphatic carbocycles. The molecule has 1 aliphatic heterocycles. The molecule has 0 saturated carbocycles. The molecule has 1 fully saturated rings. The molecule has 5 heteroatoms. The summed E-state index contributed by atoms with van der Waals surface area (Å²) in [6, 6.07) is 6.03. The summed E-state index contributed by atoms with van der Waals surface area (Å²) in [6.45, 7) is 3.72. The molecule has 1 heterocycles. The lowest BCUT2D eigenvalue weighted by molar-refractivity contribution is -0.159. The Labute approximate surface area is 115 Å². The molecule has 98 valence electrons. The van der Waals surface area contributed by atoms with Crippen molar-refractivity contribution in [1.29, 1.82) is 0 Å². The summed E-state index contributed by atoms with van der Waals surface area (Å²) in [5.41, 5.74) is 7.39. The van der Waals surface area contributed by atoms with Gasteiger partial charge in [0.15, 0.2) is 0 Å². The lowest BCUT2D eigenvalue weighted by Crippen LogP contribution is -2.58. The first-order valence-corrected chi connectivity index (χ1v) is 6.68. The van der Waals surface area contributed by atoms with Gasteiger partial charge in [0.1, 0.15) is 5.41 Å². The molecule has 1 aromatic rings. The largest absolute Gasteiger partial charge is 0.379 e. The second-order valence-corrected chi connectivity index (χ2v) is 5.65. The number of carbonyl (C=O) groups excluding carboxylic acids is 1. The molecule has 2 rings (SSSR count). The van der Waals surface area contributed by atoms with Gasteiger partial charge in [0.2, 0.25) is 5.91 Å². The van der Waals surface area contributed by atoms with Crippen LogP contribution in [0.1, 0.15) is 11.1 Å². The molecule has 1 saturated heterocycles. The summed E-state index contributed by atoms with van der Waals surface area (Å²) in [5, 5.41) is 2.94. The van der Waals surface area contributed by atoms with Gasteiger partial charge in [-0.05, 0) is 30.2 Å². The molecule has 1 aromatic carbocycles. The van der Waals surface area contributed by atoms with E-state index >= 15 is 0 Å². The molecule has 0 atom stereocenters. The van der Waals surface area contributed by atoms with Gasteiger partial charge in [-0.15, -0.1) is 0 Å². The van der Waals surface area contributed by atoms with Gasteiger partial charge >= 0.3 is 0 Å². The number of hydrogen-bond acceptors (Lipinski definition) is 3. The Hall–Kier alpha value is -0.910. The van der Waals surface area contributed by atoms with E-state index in [1.54, 1.807) is 0 Å². The van der Waals surface area contributed by atoms with Crippen molar-refractivity contribution >= 4 is 21.8 Å². The zero-order valence-electron chi connectivity index (χ0n) is 10.3. The van der Waals surface area contributed by atoms with Crippen molar-refractivity contribution < 1.29 is 9.53 Å². The molecular formula is C13H17BrN2O2. The number of benzene rings is 1. The van der Waals surface area contributed by atoms with Gasteiger partial charge in [-0.3, -0.25) is 4.79 Å². The van der Waals surface area contributed by atoms with Crippen LogP contribution in [0.15, 0.2) is 22.7 Å². The Balaban J connectivity index is 1.99. The first-order chi connectivity index (χ1) is 8.57. The maximum Gasteiger partial charge on any atom is 0.232 e. The van der Waals surface area contributed by atoms with E-state index in [0.717, 1.165) is 15.6 Å². The quantitative estimate of drug-likeness (QED) is 0.882. The van der Waals surface area contributed by atoms with Crippen LogP contribution in [0.25, 0.3) is 0 Å². The Kier molecular flexibility index (Phi) is 4.04. The zero-order valence-corrected chi connectivity index (χ0v) is 11.9. The highest BCUT2D eigenvalue weighted by molar-refractivity contribution is 9.10. The van der Waals surface area contributed by atoms with Crippen LogP contribution >= 0.6 is 15.9 Å². The summed E-state index contributed by atoms with van der Waals surface area (Å²) >= 11 is 3.43. The van der Waals surface area contributed by atoms with Crippen LogP contribution in [0.4, 0.5) is 0 Å². The van der Waals surface area contributed by atoms with Crippen LogP contribution in [-0.2, 0) is 16.1 Å². The lowest BCUT2D eigenvalue weighted by Gasteiger charge is -2.38. The smallest absolute Gasteiger partial charge is 0.232 e. The minimum absolute atomic E-state index is 0.0179. The van der Waals surface area contributed by atoms with Gasteiger partial charge in [-0.25, -0.2) is 0 Å². The van der Waals surface area contributed by atoms with E-state index < -0.39 is 5.41 Å². The molecular weight excluding hydrogens is 296 g/mol. The third-order valence-corrected chi connectivity index (χ3v) is 3.87. The summed E-state index contributed by atoms with van der Waals surface area (Å²) in [7, 11) is 0. The highest BCUT2D eigenvalue weighted by atomic mass is 79.9. The highest BCUT2D eigenvalue weighted by Crippen LogP contribution is 2.26. The molecule has 0 radical (unpaired) electrons. The minimum Gasteiger partial charge on any atom is -0.379 e. The van der Waals surface area contributed by atoms with Crippen LogP contribution in [0.5, 0.6) is 0 Å². The fourth-order valence-electron chi connectivity index (χ4n) is 1.88. The number of rotatable bonds is 4. The number of carbonyl (C=O) groups is 1. The van der Waals surface area contributed by atoms with Crippen molar-refractivity contribution in [2.24, 2.45) is 11.1 Å². The average Bonchev–Trinajstić information content (AvgIpc) is 2.29. The Morgan fingerprint density at radius 2 is 2.28 bits per heavy atom. The summed E-state index contributed by atoms with van der Waals surface area (Å²) < 4.78 is 6.11. The third-order valence-electron chi connectivity index (χ3n) is 3.38. The number of nitrogens with one attached hydrogen (secondary N) is 1. The molecule has 0 aromatic heterocycles. The fourth-order valence-corrected chi connectivity index (χ4v) is 2.29. The topological polar surface area (TPSA) is 64.4 Å². The Morgan fingerprint density at radius 3 is 2.83 bits per heavy atom. The van der Waals surface area contributed by atoms with Crippen molar-refractivity contribution in [3.8, 4) is 0 Å². The van der Waals surface area contributed by atoms with E-state index in [9.17, 15) is 4.79 Å². The molecule has 0 bridgehead atoms. The molecule has 0 spiro atoms. The highest BCUT2D eigenvalue weighted by Gasteiger charge is 2.44. The maximum atomic E-state index is 12.1. The zero-order chi connectivity index (χ0) is 13.2. The summed E-state index contributed by atoms with van der Waals surface area (Å²) in [5.74, 6) is -0.0179. The Morgan fingerprint density at radius 1 is 1.56 bits per heavy atom. The predicted octanol–water partition coefficient (Wildman–Crippen LogP) is 1.35. The van der Waals surface area contributed by atoms with Gasteiger partial charge < -0.3 is 15.8 Å². The monoisotopic (exact) mass is 312 g/mol. The molecule has 3 N–H and O–H groups in total. The number of nitrogens with two attached hydrogens (primary N) is 1. The number of hydrogen-bond donors (Lipinski definition) is 2. The minimum atomic E-state index is -0.514. The van der Waals surface area contributed by atoms with Crippen LogP contribution in [0, 0.1) is 12.3 Å². The first-order valence-electron chi connectivity index (χ1n) is 5.88. The third kappa shape index (κ3) is 2.58.